The van der Waals surface area contributed by atoms with Crippen LogP contribution in [0, 0.1) is 11.8 Å². The molecule has 1 heterocycles. The maximum Gasteiger partial charge on any atom is 0.412 e. The summed E-state index contributed by atoms with van der Waals surface area (Å²) in [7, 11) is 0. The summed E-state index contributed by atoms with van der Waals surface area (Å²) < 4.78 is 37.5. The number of carboxylic acid groups (broad SMARTS) is 1. The minimum Gasteiger partial charge on any atom is -0.481 e. The number of hydrogen-bond acceptors (Lipinski definition) is 2. The zero-order valence-electron chi connectivity index (χ0n) is 10.8. The highest BCUT2D eigenvalue weighted by Crippen LogP contribution is 2.35. The van der Waals surface area contributed by atoms with Crippen molar-refractivity contribution in [1.82, 2.24) is 4.90 Å². The second-order valence-corrected chi connectivity index (χ2v) is 5.24. The Morgan fingerprint density at radius 2 is 1.90 bits per heavy atom. The molecule has 4 nitrogen and oxygen atoms in total. The van der Waals surface area contributed by atoms with Gasteiger partial charge in [-0.3, -0.25) is 9.59 Å². The van der Waals surface area contributed by atoms with Crippen molar-refractivity contribution in [2.45, 2.75) is 31.9 Å². The maximum atomic E-state index is 12.5. The normalized spacial score (nSPS) is 27.4. The molecule has 0 spiro atoms. The fraction of sp³-hybridized carbons (Fsp3) is 0.692. The molecule has 0 aromatic rings. The average Bonchev–Trinajstić information content (AvgIpc) is 2.86. The molecule has 1 amide bonds. The van der Waals surface area contributed by atoms with Gasteiger partial charge >= 0.3 is 12.1 Å². The standard InChI is InChI=1S/C13H16F3NO3/c14-13(15,16)8-4-6-17(7-5-8)11(18)9-2-1-3-10(9)12(19)20/h4,9-10H,1-3,5-7H2,(H,19,20)/t9-,10+/m1/s1. The van der Waals surface area contributed by atoms with Crippen LogP contribution in [-0.2, 0) is 9.59 Å². The molecule has 0 bridgehead atoms. The van der Waals surface area contributed by atoms with Gasteiger partial charge in [0.25, 0.3) is 0 Å². The first kappa shape index (κ1) is 14.9. The molecule has 1 saturated carbocycles. The first-order valence-corrected chi connectivity index (χ1v) is 6.58. The summed E-state index contributed by atoms with van der Waals surface area (Å²) in [5, 5.41) is 9.05. The van der Waals surface area contributed by atoms with Gasteiger partial charge in [0, 0.05) is 18.7 Å². The second kappa shape index (κ2) is 5.46. The molecule has 0 radical (unpaired) electrons. The quantitative estimate of drug-likeness (QED) is 0.794. The molecule has 2 atom stereocenters. The predicted molar refractivity (Wildman–Crippen MR) is 63.8 cm³/mol. The number of rotatable bonds is 2. The van der Waals surface area contributed by atoms with E-state index in [1.54, 1.807) is 0 Å². The predicted octanol–water partition coefficient (Wildman–Crippen LogP) is 2.21. The molecule has 1 aliphatic carbocycles. The number of carbonyl (C=O) groups is 2. The Kier molecular flexibility index (Phi) is 4.06. The fourth-order valence-electron chi connectivity index (χ4n) is 2.91. The molecule has 20 heavy (non-hydrogen) atoms. The molecule has 7 heteroatoms. The SMILES string of the molecule is O=C(O)[C@H]1CCC[C@H]1C(=O)N1CC=C(C(F)(F)F)CC1. The molecule has 2 aliphatic rings. The van der Waals surface area contributed by atoms with Crippen LogP contribution in [0.15, 0.2) is 11.6 Å². The van der Waals surface area contributed by atoms with Crippen molar-refractivity contribution in [2.75, 3.05) is 13.1 Å². The van der Waals surface area contributed by atoms with E-state index >= 15 is 0 Å². The minimum absolute atomic E-state index is 0.00696. The monoisotopic (exact) mass is 291 g/mol. The number of alkyl halides is 3. The molecule has 2 rings (SSSR count). The highest BCUT2D eigenvalue weighted by atomic mass is 19.4. The number of carbonyl (C=O) groups excluding carboxylic acids is 1. The minimum atomic E-state index is -4.34. The third kappa shape index (κ3) is 2.96. The van der Waals surface area contributed by atoms with Crippen LogP contribution in [0.2, 0.25) is 0 Å². The highest BCUT2D eigenvalue weighted by molar-refractivity contribution is 5.85. The van der Waals surface area contributed by atoms with Crippen LogP contribution in [-0.4, -0.2) is 41.1 Å². The van der Waals surface area contributed by atoms with Gasteiger partial charge in [-0.05, 0) is 19.3 Å². The highest BCUT2D eigenvalue weighted by Gasteiger charge is 2.41. The third-order valence-electron chi connectivity index (χ3n) is 4.04. The van der Waals surface area contributed by atoms with Gasteiger partial charge in [0.15, 0.2) is 0 Å². The van der Waals surface area contributed by atoms with Crippen molar-refractivity contribution >= 4 is 11.9 Å². The third-order valence-corrected chi connectivity index (χ3v) is 4.04. The van der Waals surface area contributed by atoms with Crippen molar-refractivity contribution in [3.8, 4) is 0 Å². The molecule has 0 unspecified atom stereocenters. The lowest BCUT2D eigenvalue weighted by atomic mass is 9.94. The molecule has 1 fully saturated rings. The first-order chi connectivity index (χ1) is 9.30. The Balaban J connectivity index is 2.02. The van der Waals surface area contributed by atoms with Gasteiger partial charge in [-0.2, -0.15) is 13.2 Å². The van der Waals surface area contributed by atoms with Crippen LogP contribution < -0.4 is 0 Å². The van der Waals surface area contributed by atoms with Crippen molar-refractivity contribution in [3.63, 3.8) is 0 Å². The van der Waals surface area contributed by atoms with Gasteiger partial charge in [-0.1, -0.05) is 12.5 Å². The number of aliphatic carboxylic acids is 1. The first-order valence-electron chi connectivity index (χ1n) is 6.58. The lowest BCUT2D eigenvalue weighted by Crippen LogP contribution is -2.42. The summed E-state index contributed by atoms with van der Waals surface area (Å²) in [5.74, 6) is -2.61. The van der Waals surface area contributed by atoms with E-state index in [0.717, 1.165) is 6.08 Å². The fourth-order valence-corrected chi connectivity index (χ4v) is 2.91. The molecule has 0 aromatic heterocycles. The van der Waals surface area contributed by atoms with Gasteiger partial charge in [0.2, 0.25) is 5.91 Å². The van der Waals surface area contributed by atoms with Crippen LogP contribution >= 0.6 is 0 Å². The molecule has 112 valence electrons. The summed E-state index contributed by atoms with van der Waals surface area (Å²) >= 11 is 0. The van der Waals surface area contributed by atoms with Crippen molar-refractivity contribution in [2.24, 2.45) is 11.8 Å². The summed E-state index contributed by atoms with van der Waals surface area (Å²) in [6.07, 6.45) is -1.91. The number of amides is 1. The zero-order chi connectivity index (χ0) is 14.9. The Morgan fingerprint density at radius 1 is 1.25 bits per heavy atom. The number of hydrogen-bond donors (Lipinski definition) is 1. The van der Waals surface area contributed by atoms with E-state index in [9.17, 15) is 22.8 Å². The van der Waals surface area contributed by atoms with Crippen LogP contribution in [0.3, 0.4) is 0 Å². The van der Waals surface area contributed by atoms with E-state index < -0.39 is 29.6 Å². The van der Waals surface area contributed by atoms with Gasteiger partial charge in [-0.25, -0.2) is 0 Å². The summed E-state index contributed by atoms with van der Waals surface area (Å²) in [6.45, 7) is -0.0798. The summed E-state index contributed by atoms with van der Waals surface area (Å²) in [5.41, 5.74) is -0.609. The van der Waals surface area contributed by atoms with E-state index in [0.29, 0.717) is 19.3 Å². The largest absolute Gasteiger partial charge is 0.481 e. The van der Waals surface area contributed by atoms with Crippen LogP contribution in [0.25, 0.3) is 0 Å². The molecular formula is C13H16F3NO3. The lowest BCUT2D eigenvalue weighted by molar-refractivity contribution is -0.149. The maximum absolute atomic E-state index is 12.5. The van der Waals surface area contributed by atoms with E-state index in [1.165, 1.54) is 4.90 Å². The Morgan fingerprint density at radius 3 is 2.40 bits per heavy atom. The van der Waals surface area contributed by atoms with Crippen LogP contribution in [0.4, 0.5) is 13.2 Å². The summed E-state index contributed by atoms with van der Waals surface area (Å²) in [4.78, 5) is 24.6. The smallest absolute Gasteiger partial charge is 0.412 e. The van der Waals surface area contributed by atoms with Gasteiger partial charge in [0.1, 0.15) is 0 Å². The van der Waals surface area contributed by atoms with Crippen molar-refractivity contribution in [3.05, 3.63) is 11.6 Å². The molecular weight excluding hydrogens is 275 g/mol. The molecule has 0 aromatic carbocycles. The van der Waals surface area contributed by atoms with E-state index in [-0.39, 0.29) is 25.4 Å². The molecule has 1 aliphatic heterocycles. The number of carboxylic acids is 1. The van der Waals surface area contributed by atoms with Crippen LogP contribution in [0.5, 0.6) is 0 Å². The molecule has 0 saturated heterocycles. The van der Waals surface area contributed by atoms with Gasteiger partial charge < -0.3 is 10.0 Å². The van der Waals surface area contributed by atoms with E-state index in [1.807, 2.05) is 0 Å². The second-order valence-electron chi connectivity index (χ2n) is 5.24. The Hall–Kier alpha value is -1.53. The van der Waals surface area contributed by atoms with Gasteiger partial charge in [0.05, 0.1) is 11.8 Å². The lowest BCUT2D eigenvalue weighted by Gasteiger charge is -2.30. The van der Waals surface area contributed by atoms with Crippen molar-refractivity contribution < 1.29 is 27.9 Å². The molecule has 1 N–H and O–H groups in total. The average molecular weight is 291 g/mol. The van der Waals surface area contributed by atoms with Gasteiger partial charge in [-0.15, -0.1) is 0 Å². The van der Waals surface area contributed by atoms with E-state index in [2.05, 4.69) is 0 Å². The number of nitrogens with zero attached hydrogens (tertiary/aromatic N) is 1. The van der Waals surface area contributed by atoms with Crippen molar-refractivity contribution in [1.29, 1.82) is 0 Å². The van der Waals surface area contributed by atoms with E-state index in [4.69, 9.17) is 5.11 Å². The summed E-state index contributed by atoms with van der Waals surface area (Å²) in [6, 6.07) is 0. The Labute approximate surface area is 114 Å². The number of halogens is 3. The Bertz CT molecular complexity index is 445. The van der Waals surface area contributed by atoms with Crippen LogP contribution in [0.1, 0.15) is 25.7 Å². The zero-order valence-corrected chi connectivity index (χ0v) is 10.8. The topological polar surface area (TPSA) is 57.6 Å².